The Kier molecular flexibility index (Phi) is 6.15. The van der Waals surface area contributed by atoms with E-state index in [1.165, 1.54) is 48.5 Å². The van der Waals surface area contributed by atoms with Crippen molar-refractivity contribution in [3.8, 4) is 0 Å². The Hall–Kier alpha value is -2.96. The van der Waals surface area contributed by atoms with Gasteiger partial charge in [0.1, 0.15) is 23.3 Å². The molecule has 1 amide bonds. The summed E-state index contributed by atoms with van der Waals surface area (Å²) in [5, 5.41) is 12.1. The molecule has 7 heteroatoms. The quantitative estimate of drug-likeness (QED) is 0.823. The zero-order chi connectivity index (χ0) is 20.2. The third-order valence-corrected chi connectivity index (χ3v) is 3.73. The minimum atomic E-state index is -1.41. The van der Waals surface area contributed by atoms with Crippen LogP contribution in [-0.4, -0.2) is 28.8 Å². The van der Waals surface area contributed by atoms with Crippen LogP contribution in [0.4, 0.5) is 13.6 Å². The first-order valence-electron chi connectivity index (χ1n) is 8.30. The molecule has 0 spiro atoms. The van der Waals surface area contributed by atoms with Gasteiger partial charge in [-0.2, -0.15) is 0 Å². The van der Waals surface area contributed by atoms with Crippen molar-refractivity contribution < 1.29 is 28.2 Å². The van der Waals surface area contributed by atoms with Crippen LogP contribution in [0.15, 0.2) is 48.5 Å². The Labute approximate surface area is 156 Å². The Morgan fingerprint density at radius 2 is 1.33 bits per heavy atom. The van der Waals surface area contributed by atoms with E-state index in [9.17, 15) is 23.5 Å². The third-order valence-electron chi connectivity index (χ3n) is 3.73. The van der Waals surface area contributed by atoms with Crippen LogP contribution in [0.2, 0.25) is 0 Å². The molecule has 0 saturated carbocycles. The van der Waals surface area contributed by atoms with Gasteiger partial charge < -0.3 is 15.2 Å². The lowest BCUT2D eigenvalue weighted by atomic mass is 9.85. The van der Waals surface area contributed by atoms with E-state index in [1.807, 2.05) is 0 Å². The molecule has 2 aromatic rings. The van der Waals surface area contributed by atoms with Crippen molar-refractivity contribution in [3.05, 3.63) is 71.3 Å². The van der Waals surface area contributed by atoms with Gasteiger partial charge in [-0.3, -0.25) is 0 Å². The number of rotatable bonds is 5. The summed E-state index contributed by atoms with van der Waals surface area (Å²) in [5.74, 6) is -3.15. The molecule has 0 fully saturated rings. The minimum absolute atomic E-state index is 0.450. The zero-order valence-corrected chi connectivity index (χ0v) is 15.2. The second kappa shape index (κ2) is 8.16. The van der Waals surface area contributed by atoms with Gasteiger partial charge in [0.05, 0.1) is 0 Å². The zero-order valence-electron chi connectivity index (χ0n) is 15.2. The molecule has 1 atom stereocenters. The normalized spacial score (nSPS) is 12.5. The maximum atomic E-state index is 13.3. The number of carbonyl (C=O) groups is 2. The van der Waals surface area contributed by atoms with Crippen molar-refractivity contribution in [2.45, 2.75) is 38.3 Å². The van der Waals surface area contributed by atoms with Crippen LogP contribution >= 0.6 is 0 Å². The first kappa shape index (κ1) is 20.4. The lowest BCUT2D eigenvalue weighted by molar-refractivity contribution is -0.139. The second-order valence-electron chi connectivity index (χ2n) is 7.04. The highest BCUT2D eigenvalue weighted by atomic mass is 19.1. The first-order valence-corrected chi connectivity index (χ1v) is 8.30. The topological polar surface area (TPSA) is 75.6 Å². The first-order chi connectivity index (χ1) is 12.6. The summed E-state index contributed by atoms with van der Waals surface area (Å²) in [4.78, 5) is 24.0. The summed E-state index contributed by atoms with van der Waals surface area (Å²) < 4.78 is 31.8. The van der Waals surface area contributed by atoms with Gasteiger partial charge in [-0.1, -0.05) is 24.3 Å². The van der Waals surface area contributed by atoms with Crippen molar-refractivity contribution in [1.29, 1.82) is 0 Å². The Morgan fingerprint density at radius 1 is 0.926 bits per heavy atom. The number of ether oxygens (including phenoxy) is 1. The number of hydrogen-bond donors (Lipinski definition) is 2. The van der Waals surface area contributed by atoms with Crippen molar-refractivity contribution in [1.82, 2.24) is 5.32 Å². The number of hydrogen-bond acceptors (Lipinski definition) is 3. The smallest absolute Gasteiger partial charge is 0.408 e. The number of carboxylic acid groups (broad SMARTS) is 1. The van der Waals surface area contributed by atoms with Crippen molar-refractivity contribution in [3.63, 3.8) is 0 Å². The highest BCUT2D eigenvalue weighted by Gasteiger charge is 2.33. The average molecular weight is 377 g/mol. The van der Waals surface area contributed by atoms with Gasteiger partial charge in [-0.15, -0.1) is 0 Å². The van der Waals surface area contributed by atoms with Gasteiger partial charge in [-0.25, -0.2) is 18.4 Å². The fraction of sp³-hybridized carbons (Fsp3) is 0.300. The molecule has 2 aromatic carbocycles. The average Bonchev–Trinajstić information content (AvgIpc) is 2.55. The molecular formula is C20H21F2NO4. The molecule has 27 heavy (non-hydrogen) atoms. The van der Waals surface area contributed by atoms with E-state index < -0.39 is 41.3 Å². The molecule has 0 aromatic heterocycles. The molecule has 1 unspecified atom stereocenters. The molecule has 2 N–H and O–H groups in total. The van der Waals surface area contributed by atoms with E-state index in [0.29, 0.717) is 11.1 Å². The summed E-state index contributed by atoms with van der Waals surface area (Å²) in [5.41, 5.74) is 0.0897. The monoisotopic (exact) mass is 377 g/mol. The third kappa shape index (κ3) is 5.77. The molecule has 2 rings (SSSR count). The summed E-state index contributed by atoms with van der Waals surface area (Å²) in [7, 11) is 0. The van der Waals surface area contributed by atoms with E-state index in [0.717, 1.165) is 0 Å². The molecule has 144 valence electrons. The number of halogens is 2. The van der Waals surface area contributed by atoms with E-state index in [2.05, 4.69) is 5.32 Å². The molecule has 0 radical (unpaired) electrons. The lowest BCUT2D eigenvalue weighted by Crippen LogP contribution is -2.47. The predicted octanol–water partition coefficient (Wildman–Crippen LogP) is 4.07. The molecule has 0 saturated heterocycles. The van der Waals surface area contributed by atoms with Gasteiger partial charge in [0.2, 0.25) is 0 Å². The van der Waals surface area contributed by atoms with Crippen molar-refractivity contribution >= 4 is 12.1 Å². The highest BCUT2D eigenvalue weighted by molar-refractivity contribution is 5.82. The molecule has 0 aliphatic heterocycles. The Morgan fingerprint density at radius 3 is 1.67 bits per heavy atom. The fourth-order valence-corrected chi connectivity index (χ4v) is 2.64. The predicted molar refractivity (Wildman–Crippen MR) is 95.4 cm³/mol. The van der Waals surface area contributed by atoms with Crippen molar-refractivity contribution in [2.24, 2.45) is 0 Å². The molecular weight excluding hydrogens is 356 g/mol. The van der Waals surface area contributed by atoms with E-state index >= 15 is 0 Å². The van der Waals surface area contributed by atoms with E-state index in [1.54, 1.807) is 20.8 Å². The molecule has 0 heterocycles. The van der Waals surface area contributed by atoms with Gasteiger partial charge in [0.15, 0.2) is 0 Å². The van der Waals surface area contributed by atoms with Crippen LogP contribution in [0.1, 0.15) is 37.8 Å². The number of amides is 1. The largest absolute Gasteiger partial charge is 0.480 e. The van der Waals surface area contributed by atoms with Gasteiger partial charge in [-0.05, 0) is 56.2 Å². The van der Waals surface area contributed by atoms with Crippen LogP contribution < -0.4 is 5.32 Å². The van der Waals surface area contributed by atoms with Crippen LogP contribution in [0, 0.1) is 11.6 Å². The summed E-state index contributed by atoms with van der Waals surface area (Å²) >= 11 is 0. The number of nitrogens with one attached hydrogen (secondary N) is 1. The molecule has 0 aliphatic rings. The molecule has 0 bridgehead atoms. The van der Waals surface area contributed by atoms with Crippen LogP contribution in [0.25, 0.3) is 0 Å². The number of carbonyl (C=O) groups excluding carboxylic acids is 1. The fourth-order valence-electron chi connectivity index (χ4n) is 2.64. The second-order valence-corrected chi connectivity index (χ2v) is 7.04. The van der Waals surface area contributed by atoms with Gasteiger partial charge >= 0.3 is 12.1 Å². The number of aliphatic carboxylic acids is 1. The van der Waals surface area contributed by atoms with Crippen LogP contribution in [0.5, 0.6) is 0 Å². The summed E-state index contributed by atoms with van der Waals surface area (Å²) in [6.07, 6.45) is -0.899. The van der Waals surface area contributed by atoms with Crippen LogP contribution in [-0.2, 0) is 9.53 Å². The number of carboxylic acids is 1. The Balaban J connectivity index is 2.44. The summed E-state index contributed by atoms with van der Waals surface area (Å²) in [6, 6.07) is 9.07. The van der Waals surface area contributed by atoms with Crippen molar-refractivity contribution in [2.75, 3.05) is 0 Å². The number of benzene rings is 2. The highest BCUT2D eigenvalue weighted by Crippen LogP contribution is 2.29. The van der Waals surface area contributed by atoms with Gasteiger partial charge in [0.25, 0.3) is 0 Å². The van der Waals surface area contributed by atoms with E-state index in [4.69, 9.17) is 4.74 Å². The van der Waals surface area contributed by atoms with Gasteiger partial charge in [0, 0.05) is 5.92 Å². The maximum Gasteiger partial charge on any atom is 0.408 e. The molecule has 5 nitrogen and oxygen atoms in total. The maximum absolute atomic E-state index is 13.3. The van der Waals surface area contributed by atoms with Crippen LogP contribution in [0.3, 0.4) is 0 Å². The minimum Gasteiger partial charge on any atom is -0.480 e. The SMILES string of the molecule is CC(C)(C)OC(=O)NC(C(=O)O)C(c1ccc(F)cc1)c1ccc(F)cc1. The lowest BCUT2D eigenvalue weighted by Gasteiger charge is -2.27. The number of alkyl carbamates (subject to hydrolysis) is 1. The Bertz CT molecular complexity index is 753. The molecule has 0 aliphatic carbocycles. The standard InChI is InChI=1S/C20H21F2NO4/c1-20(2,3)27-19(26)23-17(18(24)25)16(12-4-8-14(21)9-5-12)13-6-10-15(22)11-7-13/h4-11,16-17H,1-3H3,(H,23,26)(H,24,25). The summed E-state index contributed by atoms with van der Waals surface area (Å²) in [6.45, 7) is 4.96. The van der Waals surface area contributed by atoms with E-state index in [-0.39, 0.29) is 0 Å².